The Kier molecular flexibility index (Phi) is 8.44. The van der Waals surface area contributed by atoms with Gasteiger partial charge in [-0.25, -0.2) is 4.79 Å². The molecule has 0 saturated carbocycles. The zero-order valence-electron chi connectivity index (χ0n) is 19.5. The number of hydrogen-bond donors (Lipinski definition) is 2. The Morgan fingerprint density at radius 3 is 1.85 bits per heavy atom. The van der Waals surface area contributed by atoms with Crippen molar-refractivity contribution in [3.05, 3.63) is 96.6 Å². The van der Waals surface area contributed by atoms with Gasteiger partial charge in [0.2, 0.25) is 0 Å². The van der Waals surface area contributed by atoms with Crippen LogP contribution in [0.4, 0.5) is 4.79 Å². The minimum atomic E-state index is -2.73. The lowest BCUT2D eigenvalue weighted by molar-refractivity contribution is 0.0928. The molecule has 6 heteroatoms. The molecule has 0 aliphatic heterocycles. The van der Waals surface area contributed by atoms with Crippen LogP contribution in [0.1, 0.15) is 26.3 Å². The largest absolute Gasteiger partial charge is 0.445 e. The lowest BCUT2D eigenvalue weighted by Crippen LogP contribution is -2.67. The summed E-state index contributed by atoms with van der Waals surface area (Å²) in [6.45, 7) is 6.89. The van der Waals surface area contributed by atoms with Crippen LogP contribution in [0, 0.1) is 0 Å². The van der Waals surface area contributed by atoms with E-state index in [2.05, 4.69) is 50.4 Å². The van der Waals surface area contributed by atoms with Crippen LogP contribution in [0.2, 0.25) is 5.04 Å². The number of benzene rings is 3. The number of nitrogens with one attached hydrogen (secondary N) is 1. The van der Waals surface area contributed by atoms with Gasteiger partial charge in [0, 0.05) is 6.54 Å². The predicted molar refractivity (Wildman–Crippen MR) is 134 cm³/mol. The molecule has 0 bridgehead atoms. The highest BCUT2D eigenvalue weighted by atomic mass is 28.4. The van der Waals surface area contributed by atoms with Crippen molar-refractivity contribution in [2.24, 2.45) is 0 Å². The average Bonchev–Trinajstić information content (AvgIpc) is 2.83. The van der Waals surface area contributed by atoms with Crippen molar-refractivity contribution in [3.8, 4) is 0 Å². The first-order valence-corrected chi connectivity index (χ1v) is 13.1. The van der Waals surface area contributed by atoms with Gasteiger partial charge in [0.25, 0.3) is 8.32 Å². The van der Waals surface area contributed by atoms with Gasteiger partial charge in [-0.05, 0) is 21.0 Å². The molecule has 0 spiro atoms. The summed E-state index contributed by atoms with van der Waals surface area (Å²) in [7, 11) is -2.73. The molecular weight excluding hydrogens is 430 g/mol. The number of rotatable bonds is 9. The van der Waals surface area contributed by atoms with Gasteiger partial charge < -0.3 is 19.6 Å². The lowest BCUT2D eigenvalue weighted by Gasteiger charge is -2.43. The standard InChI is InChI=1S/C27H33NO4Si/c1-27(2,3)33(24-15-9-5-10-16-24,25-17-11-6-12-18-25)32-21-23(29)19-28-26(30)31-20-22-13-7-4-8-14-22/h4-18,23,29H,19-21H2,1-3H3,(H,28,30). The maximum Gasteiger partial charge on any atom is 0.407 e. The third-order valence-corrected chi connectivity index (χ3v) is 10.6. The van der Waals surface area contributed by atoms with E-state index < -0.39 is 20.5 Å². The summed E-state index contributed by atoms with van der Waals surface area (Å²) in [5, 5.41) is 15.4. The number of carbonyl (C=O) groups excluding carboxylic acids is 1. The molecule has 1 amide bonds. The maximum atomic E-state index is 12.0. The number of amides is 1. The molecule has 0 fully saturated rings. The minimum absolute atomic E-state index is 0.0474. The summed E-state index contributed by atoms with van der Waals surface area (Å²) in [5.74, 6) is 0. The van der Waals surface area contributed by atoms with Crippen LogP contribution >= 0.6 is 0 Å². The van der Waals surface area contributed by atoms with Crippen molar-refractivity contribution in [3.63, 3.8) is 0 Å². The molecule has 5 nitrogen and oxygen atoms in total. The highest BCUT2D eigenvalue weighted by Gasteiger charge is 2.50. The van der Waals surface area contributed by atoms with E-state index in [0.717, 1.165) is 15.9 Å². The molecule has 174 valence electrons. The SMILES string of the molecule is CC(C)(C)[Si](OCC(O)CNC(=O)OCc1ccccc1)(c1ccccc1)c1ccccc1. The van der Waals surface area contributed by atoms with Gasteiger partial charge in [0.15, 0.2) is 0 Å². The average molecular weight is 464 g/mol. The molecule has 0 saturated heterocycles. The van der Waals surface area contributed by atoms with E-state index in [1.165, 1.54) is 0 Å². The van der Waals surface area contributed by atoms with Crippen molar-refractivity contribution < 1.29 is 19.1 Å². The number of aliphatic hydroxyl groups is 1. The Morgan fingerprint density at radius 1 is 0.879 bits per heavy atom. The Balaban J connectivity index is 1.67. The van der Waals surface area contributed by atoms with Gasteiger partial charge >= 0.3 is 6.09 Å². The minimum Gasteiger partial charge on any atom is -0.445 e. The van der Waals surface area contributed by atoms with Gasteiger partial charge in [-0.3, -0.25) is 0 Å². The Hall–Kier alpha value is -2.93. The van der Waals surface area contributed by atoms with Crippen LogP contribution < -0.4 is 15.7 Å². The summed E-state index contributed by atoms with van der Waals surface area (Å²) >= 11 is 0. The second-order valence-corrected chi connectivity index (χ2v) is 13.4. The highest BCUT2D eigenvalue weighted by Crippen LogP contribution is 2.36. The molecule has 3 aromatic carbocycles. The maximum absolute atomic E-state index is 12.0. The van der Waals surface area contributed by atoms with E-state index in [1.54, 1.807) is 0 Å². The molecule has 1 atom stereocenters. The normalized spacial score (nSPS) is 12.7. The molecule has 0 aliphatic carbocycles. The number of ether oxygens (including phenoxy) is 1. The van der Waals surface area contributed by atoms with E-state index >= 15 is 0 Å². The second-order valence-electron chi connectivity index (χ2n) is 9.07. The first-order chi connectivity index (χ1) is 15.8. The van der Waals surface area contributed by atoms with Crippen LogP contribution in [-0.4, -0.2) is 38.8 Å². The Bertz CT molecular complexity index is 951. The zero-order chi connectivity index (χ0) is 23.7. The van der Waals surface area contributed by atoms with E-state index in [1.807, 2.05) is 66.7 Å². The lowest BCUT2D eigenvalue weighted by atomic mass is 10.2. The first-order valence-electron chi connectivity index (χ1n) is 11.2. The fraction of sp³-hybridized carbons (Fsp3) is 0.296. The van der Waals surface area contributed by atoms with Crippen LogP contribution in [0.3, 0.4) is 0 Å². The number of alkyl carbamates (subject to hydrolysis) is 1. The predicted octanol–water partition coefficient (Wildman–Crippen LogP) is 3.85. The van der Waals surface area contributed by atoms with E-state index in [9.17, 15) is 9.90 Å². The Labute approximate surface area is 197 Å². The molecule has 3 aromatic rings. The number of carbonyl (C=O) groups is 1. The van der Waals surface area contributed by atoms with Gasteiger partial charge in [-0.1, -0.05) is 112 Å². The fourth-order valence-corrected chi connectivity index (χ4v) is 8.61. The molecule has 0 aliphatic rings. The smallest absolute Gasteiger partial charge is 0.407 e. The van der Waals surface area contributed by atoms with Crippen LogP contribution in [0.15, 0.2) is 91.0 Å². The summed E-state index contributed by atoms with van der Waals surface area (Å²) < 4.78 is 11.9. The Morgan fingerprint density at radius 2 is 1.36 bits per heavy atom. The zero-order valence-corrected chi connectivity index (χ0v) is 20.5. The number of hydrogen-bond acceptors (Lipinski definition) is 4. The molecule has 3 rings (SSSR count). The van der Waals surface area contributed by atoms with E-state index in [-0.39, 0.29) is 24.8 Å². The molecule has 0 aromatic heterocycles. The van der Waals surface area contributed by atoms with E-state index in [4.69, 9.17) is 9.16 Å². The van der Waals surface area contributed by atoms with Crippen LogP contribution in [-0.2, 0) is 15.8 Å². The molecular formula is C27H33NO4Si. The molecule has 1 unspecified atom stereocenters. The fourth-order valence-electron chi connectivity index (χ4n) is 4.02. The summed E-state index contributed by atoms with van der Waals surface area (Å²) in [5.41, 5.74) is 0.906. The highest BCUT2D eigenvalue weighted by molar-refractivity contribution is 6.99. The summed E-state index contributed by atoms with van der Waals surface area (Å²) in [4.78, 5) is 12.0. The van der Waals surface area contributed by atoms with Gasteiger partial charge in [-0.2, -0.15) is 0 Å². The van der Waals surface area contributed by atoms with Gasteiger partial charge in [0.05, 0.1) is 12.7 Å². The third kappa shape index (κ3) is 6.32. The second kappa shape index (κ2) is 11.3. The summed E-state index contributed by atoms with van der Waals surface area (Å²) in [6.07, 6.45) is -1.43. The third-order valence-electron chi connectivity index (χ3n) is 5.60. The van der Waals surface area contributed by atoms with E-state index in [0.29, 0.717) is 0 Å². The molecule has 0 heterocycles. The van der Waals surface area contributed by atoms with Crippen molar-refractivity contribution in [2.45, 2.75) is 38.5 Å². The van der Waals surface area contributed by atoms with Gasteiger partial charge in [0.1, 0.15) is 6.61 Å². The van der Waals surface area contributed by atoms with Crippen molar-refractivity contribution in [2.75, 3.05) is 13.2 Å². The van der Waals surface area contributed by atoms with Crippen LogP contribution in [0.25, 0.3) is 0 Å². The molecule has 0 radical (unpaired) electrons. The monoisotopic (exact) mass is 463 g/mol. The molecule has 33 heavy (non-hydrogen) atoms. The van der Waals surface area contributed by atoms with Crippen molar-refractivity contribution in [1.29, 1.82) is 0 Å². The summed E-state index contributed by atoms with van der Waals surface area (Å²) in [6, 6.07) is 30.0. The number of aliphatic hydroxyl groups excluding tert-OH is 1. The van der Waals surface area contributed by atoms with Crippen molar-refractivity contribution >= 4 is 24.8 Å². The van der Waals surface area contributed by atoms with Gasteiger partial charge in [-0.15, -0.1) is 0 Å². The van der Waals surface area contributed by atoms with Crippen LogP contribution in [0.5, 0.6) is 0 Å². The first kappa shape index (κ1) is 24.7. The topological polar surface area (TPSA) is 67.8 Å². The molecule has 2 N–H and O–H groups in total. The van der Waals surface area contributed by atoms with Crippen molar-refractivity contribution in [1.82, 2.24) is 5.32 Å². The quantitative estimate of drug-likeness (QED) is 0.473.